The monoisotopic (exact) mass is 276 g/mol. The fourth-order valence-electron chi connectivity index (χ4n) is 0.907. The Labute approximate surface area is 102 Å². The minimum atomic E-state index is -0.660. The average molecular weight is 278 g/mol. The summed E-state index contributed by atoms with van der Waals surface area (Å²) in [5.74, 6) is 0.242. The molecule has 1 aromatic rings. The molecule has 1 rings (SSSR count). The minimum Gasteiger partial charge on any atom is -0.121 e. The molecule has 1 aromatic carbocycles. The second kappa shape index (κ2) is 4.95. The Morgan fingerprint density at radius 1 is 1.15 bits per heavy atom. The topological polar surface area (TPSA) is 0 Å². The third-order valence-electron chi connectivity index (χ3n) is 1.58. The Kier molecular flexibility index (Phi) is 4.47. The summed E-state index contributed by atoms with van der Waals surface area (Å²) in [6, 6.07) is 3.36. The van der Waals surface area contributed by atoms with Crippen LogP contribution in [0.15, 0.2) is 12.1 Å². The zero-order valence-corrected chi connectivity index (χ0v) is 10.1. The van der Waals surface area contributed by atoms with Crippen LogP contribution in [0, 0.1) is 0 Å². The van der Waals surface area contributed by atoms with Gasteiger partial charge >= 0.3 is 0 Å². The predicted octanol–water partition coefficient (Wildman–Crippen LogP) is 5.21. The van der Waals surface area contributed by atoms with Gasteiger partial charge in [0.05, 0.1) is 10.9 Å². The van der Waals surface area contributed by atoms with Gasteiger partial charge in [-0.3, -0.25) is 0 Å². The highest BCUT2D eigenvalue weighted by molar-refractivity contribution is 6.46. The van der Waals surface area contributed by atoms with E-state index in [1.54, 1.807) is 12.1 Å². The first kappa shape index (κ1) is 11.7. The molecule has 0 aliphatic carbocycles. The fourth-order valence-corrected chi connectivity index (χ4v) is 2.41. The highest BCUT2D eigenvalue weighted by Crippen LogP contribution is 2.36. The van der Waals surface area contributed by atoms with E-state index in [4.69, 9.17) is 58.0 Å². The van der Waals surface area contributed by atoms with E-state index >= 15 is 0 Å². The van der Waals surface area contributed by atoms with Gasteiger partial charge in [-0.25, -0.2) is 0 Å². The maximum atomic E-state index is 5.97. The van der Waals surface area contributed by atoms with Crippen molar-refractivity contribution >= 4 is 58.0 Å². The summed E-state index contributed by atoms with van der Waals surface area (Å²) >= 11 is 28.9. The van der Waals surface area contributed by atoms with Crippen LogP contribution < -0.4 is 0 Å². The van der Waals surface area contributed by atoms with Crippen molar-refractivity contribution in [3.63, 3.8) is 0 Å². The number of benzene rings is 1. The molecule has 0 aromatic heterocycles. The van der Waals surface area contributed by atoms with Crippen molar-refractivity contribution in [1.29, 1.82) is 0 Å². The normalized spacial score (nSPS) is 10.9. The molecule has 0 aliphatic rings. The molecule has 72 valence electrons. The molecule has 0 N–H and O–H groups in total. The van der Waals surface area contributed by atoms with Gasteiger partial charge in [0, 0.05) is 16.1 Å². The van der Waals surface area contributed by atoms with E-state index < -0.39 is 4.84 Å². The fraction of sp³-hybridized carbons (Fsp3) is 0.250. The largest absolute Gasteiger partial charge is 0.134 e. The highest BCUT2D eigenvalue weighted by Gasteiger charge is 2.13. The van der Waals surface area contributed by atoms with E-state index in [1.165, 1.54) is 0 Å². The lowest BCUT2D eigenvalue weighted by Gasteiger charge is -2.09. The first-order valence-electron chi connectivity index (χ1n) is 3.38. The Morgan fingerprint density at radius 2 is 1.77 bits per heavy atom. The summed E-state index contributed by atoms with van der Waals surface area (Å²) in [4.78, 5) is -0.660. The van der Waals surface area contributed by atoms with Crippen LogP contribution in [0.2, 0.25) is 10.0 Å². The first-order chi connectivity index (χ1) is 6.07. The standard InChI is InChI=1S/C8H5Cl5/c9-3-5-6(10)2-1-4(7(5)11)8(12)13/h1-2,8H,3H2. The van der Waals surface area contributed by atoms with Crippen LogP contribution in [0.25, 0.3) is 0 Å². The van der Waals surface area contributed by atoms with E-state index in [0.717, 1.165) is 0 Å². The number of hydrogen-bond acceptors (Lipinski definition) is 0. The maximum absolute atomic E-state index is 5.97. The lowest BCUT2D eigenvalue weighted by atomic mass is 10.1. The van der Waals surface area contributed by atoms with Gasteiger partial charge in [0.2, 0.25) is 0 Å². The van der Waals surface area contributed by atoms with Crippen molar-refractivity contribution in [2.45, 2.75) is 10.7 Å². The second-order valence-corrected chi connectivity index (χ2v) is 4.51. The number of halogens is 5. The molecule has 0 spiro atoms. The molecule has 0 bridgehead atoms. The van der Waals surface area contributed by atoms with E-state index in [2.05, 4.69) is 0 Å². The smallest absolute Gasteiger partial charge is 0.121 e. The van der Waals surface area contributed by atoms with Crippen molar-refractivity contribution in [2.75, 3.05) is 0 Å². The van der Waals surface area contributed by atoms with Crippen LogP contribution in [-0.4, -0.2) is 0 Å². The molecule has 0 atom stereocenters. The van der Waals surface area contributed by atoms with Gasteiger partial charge in [0.1, 0.15) is 4.84 Å². The van der Waals surface area contributed by atoms with Crippen molar-refractivity contribution in [1.82, 2.24) is 0 Å². The van der Waals surface area contributed by atoms with E-state index in [-0.39, 0.29) is 5.88 Å². The quantitative estimate of drug-likeness (QED) is 0.652. The van der Waals surface area contributed by atoms with Gasteiger partial charge in [0.15, 0.2) is 0 Å². The zero-order valence-electron chi connectivity index (χ0n) is 6.33. The van der Waals surface area contributed by atoms with Crippen molar-refractivity contribution in [2.24, 2.45) is 0 Å². The number of hydrogen-bond donors (Lipinski definition) is 0. The highest BCUT2D eigenvalue weighted by atomic mass is 35.5. The first-order valence-corrected chi connectivity index (χ1v) is 5.55. The van der Waals surface area contributed by atoms with E-state index in [0.29, 0.717) is 21.2 Å². The number of alkyl halides is 3. The summed E-state index contributed by atoms with van der Waals surface area (Å²) in [5, 5.41) is 0.968. The Hall–Kier alpha value is 0.670. The summed E-state index contributed by atoms with van der Waals surface area (Å²) < 4.78 is 0. The van der Waals surface area contributed by atoms with Crippen LogP contribution >= 0.6 is 58.0 Å². The average Bonchev–Trinajstić information content (AvgIpc) is 2.04. The van der Waals surface area contributed by atoms with Crippen LogP contribution in [0.3, 0.4) is 0 Å². The molecule has 0 amide bonds. The Balaban J connectivity index is 3.27. The van der Waals surface area contributed by atoms with Gasteiger partial charge < -0.3 is 0 Å². The van der Waals surface area contributed by atoms with Crippen molar-refractivity contribution < 1.29 is 0 Å². The molecule has 0 saturated carbocycles. The van der Waals surface area contributed by atoms with Gasteiger partial charge in [-0.2, -0.15) is 0 Å². The van der Waals surface area contributed by atoms with Crippen molar-refractivity contribution in [3.05, 3.63) is 33.3 Å². The van der Waals surface area contributed by atoms with E-state index in [9.17, 15) is 0 Å². The molecule has 5 heteroatoms. The zero-order chi connectivity index (χ0) is 10.0. The second-order valence-electron chi connectivity index (χ2n) is 2.36. The molecule has 0 unspecified atom stereocenters. The Morgan fingerprint density at radius 3 is 2.23 bits per heavy atom. The van der Waals surface area contributed by atoms with Gasteiger partial charge in [0.25, 0.3) is 0 Å². The van der Waals surface area contributed by atoms with Gasteiger partial charge in [-0.15, -0.1) is 34.8 Å². The molecule has 0 saturated heterocycles. The molecule has 0 nitrogen and oxygen atoms in total. The molecular weight excluding hydrogens is 273 g/mol. The summed E-state index contributed by atoms with van der Waals surface area (Å²) in [5.41, 5.74) is 1.29. The lowest BCUT2D eigenvalue weighted by Crippen LogP contribution is -1.90. The molecule has 13 heavy (non-hydrogen) atoms. The molecule has 0 heterocycles. The lowest BCUT2D eigenvalue weighted by molar-refractivity contribution is 1.29. The molecule has 0 aliphatic heterocycles. The predicted molar refractivity (Wildman–Crippen MR) is 60.5 cm³/mol. The third-order valence-corrected chi connectivity index (χ3v) is 3.12. The SMILES string of the molecule is ClCc1c(Cl)ccc(C(Cl)Cl)c1Cl. The maximum Gasteiger partial charge on any atom is 0.134 e. The number of rotatable bonds is 2. The minimum absolute atomic E-state index is 0.242. The summed E-state index contributed by atoms with van der Waals surface area (Å²) in [6.45, 7) is 0. The van der Waals surface area contributed by atoms with Gasteiger partial charge in [-0.05, 0) is 6.07 Å². The van der Waals surface area contributed by atoms with E-state index in [1.807, 2.05) is 0 Å². The third kappa shape index (κ3) is 2.57. The molecule has 0 fully saturated rings. The summed E-state index contributed by atoms with van der Waals surface area (Å²) in [7, 11) is 0. The van der Waals surface area contributed by atoms with Crippen LogP contribution in [0.1, 0.15) is 16.0 Å². The summed E-state index contributed by atoms with van der Waals surface area (Å²) in [6.07, 6.45) is 0. The van der Waals surface area contributed by atoms with Gasteiger partial charge in [-0.1, -0.05) is 29.3 Å². The van der Waals surface area contributed by atoms with Crippen LogP contribution in [0.4, 0.5) is 0 Å². The van der Waals surface area contributed by atoms with Crippen LogP contribution in [0.5, 0.6) is 0 Å². The molecule has 0 radical (unpaired) electrons. The van der Waals surface area contributed by atoms with Crippen LogP contribution in [-0.2, 0) is 5.88 Å². The molecular formula is C8H5Cl5. The van der Waals surface area contributed by atoms with Crippen molar-refractivity contribution in [3.8, 4) is 0 Å². The Bertz CT molecular complexity index is 308.